The number of amides is 1. The van der Waals surface area contributed by atoms with Crippen LogP contribution >= 0.6 is 0 Å². The van der Waals surface area contributed by atoms with Gasteiger partial charge in [-0.2, -0.15) is 4.98 Å². The van der Waals surface area contributed by atoms with Gasteiger partial charge in [-0.05, 0) is 69.0 Å². The molecule has 0 bridgehead atoms. The summed E-state index contributed by atoms with van der Waals surface area (Å²) in [5.41, 5.74) is 3.25. The first-order valence-corrected chi connectivity index (χ1v) is 12.4. The van der Waals surface area contributed by atoms with E-state index in [1.54, 1.807) is 0 Å². The van der Waals surface area contributed by atoms with E-state index in [2.05, 4.69) is 55.5 Å². The lowest BCUT2D eigenvalue weighted by Gasteiger charge is -2.26. The highest BCUT2D eigenvalue weighted by Crippen LogP contribution is 2.26. The molecule has 0 spiro atoms. The first-order valence-electron chi connectivity index (χ1n) is 12.4. The van der Waals surface area contributed by atoms with E-state index in [1.165, 1.54) is 44.3 Å². The Kier molecular flexibility index (Phi) is 6.86. The molecule has 1 saturated heterocycles. The van der Waals surface area contributed by atoms with E-state index < -0.39 is 0 Å². The maximum Gasteiger partial charge on any atom is 0.229 e. The summed E-state index contributed by atoms with van der Waals surface area (Å²) in [5, 5.41) is 7.49. The number of aromatic nitrogens is 3. The van der Waals surface area contributed by atoms with Crippen molar-refractivity contribution >= 4 is 28.6 Å². The van der Waals surface area contributed by atoms with E-state index in [1.807, 2.05) is 12.3 Å². The number of aryl methyl sites for hydroxylation is 1. The van der Waals surface area contributed by atoms with Crippen molar-refractivity contribution in [1.29, 1.82) is 0 Å². The predicted molar refractivity (Wildman–Crippen MR) is 131 cm³/mol. The quantitative estimate of drug-likeness (QED) is 0.475. The van der Waals surface area contributed by atoms with E-state index in [0.717, 1.165) is 49.1 Å². The molecule has 1 aromatic carbocycles. The van der Waals surface area contributed by atoms with Gasteiger partial charge in [-0.3, -0.25) is 9.69 Å². The molecule has 33 heavy (non-hydrogen) atoms. The first-order chi connectivity index (χ1) is 16.2. The van der Waals surface area contributed by atoms with E-state index in [4.69, 9.17) is 4.98 Å². The van der Waals surface area contributed by atoms with Crippen LogP contribution in [0.2, 0.25) is 0 Å². The van der Waals surface area contributed by atoms with Crippen molar-refractivity contribution in [2.45, 2.75) is 58.0 Å². The Morgan fingerprint density at radius 2 is 1.97 bits per heavy atom. The second kappa shape index (κ2) is 10.3. The summed E-state index contributed by atoms with van der Waals surface area (Å²) in [6.07, 6.45) is 12.0. The number of anilines is 2. The standard InChI is InChI=1S/C26H34N6O/c33-25(21-8-5-9-21)27-12-6-15-32-16-11-22-18-28-26(30-24(22)32)29-23-10-4-7-20(17-23)19-31-13-2-1-3-14-31/h4,7,10-11,16-18,21H,1-3,5-6,8-9,12-15,19H2,(H,27,33)(H,28,29,30). The maximum absolute atomic E-state index is 12.0. The fourth-order valence-corrected chi connectivity index (χ4v) is 4.74. The molecule has 1 aliphatic carbocycles. The van der Waals surface area contributed by atoms with Crippen LogP contribution in [0.3, 0.4) is 0 Å². The third-order valence-corrected chi connectivity index (χ3v) is 6.89. The molecule has 1 saturated carbocycles. The summed E-state index contributed by atoms with van der Waals surface area (Å²) in [5.74, 6) is 1.07. The second-order valence-electron chi connectivity index (χ2n) is 9.42. The summed E-state index contributed by atoms with van der Waals surface area (Å²) in [6.45, 7) is 4.90. The third-order valence-electron chi connectivity index (χ3n) is 6.89. The van der Waals surface area contributed by atoms with Gasteiger partial charge in [0.25, 0.3) is 0 Å². The summed E-state index contributed by atoms with van der Waals surface area (Å²) in [6, 6.07) is 10.6. The number of nitrogens with zero attached hydrogens (tertiary/aromatic N) is 4. The Morgan fingerprint density at radius 1 is 1.09 bits per heavy atom. The number of rotatable bonds is 9. The summed E-state index contributed by atoms with van der Waals surface area (Å²) < 4.78 is 2.14. The number of fused-ring (bicyclic) bond motifs is 1. The highest BCUT2D eigenvalue weighted by atomic mass is 16.1. The Bertz CT molecular complexity index is 1080. The summed E-state index contributed by atoms with van der Waals surface area (Å²) >= 11 is 0. The van der Waals surface area contributed by atoms with Crippen molar-refractivity contribution in [3.05, 3.63) is 48.3 Å². The molecule has 2 aliphatic rings. The average molecular weight is 447 g/mol. The number of nitrogens with one attached hydrogen (secondary N) is 2. The van der Waals surface area contributed by atoms with Gasteiger partial charge >= 0.3 is 0 Å². The number of benzene rings is 1. The lowest BCUT2D eigenvalue weighted by Crippen LogP contribution is -2.35. The van der Waals surface area contributed by atoms with Gasteiger partial charge in [-0.1, -0.05) is 25.0 Å². The van der Waals surface area contributed by atoms with Crippen LogP contribution in [-0.4, -0.2) is 45.0 Å². The van der Waals surface area contributed by atoms with Gasteiger partial charge in [0, 0.05) is 49.0 Å². The molecule has 0 atom stereocenters. The van der Waals surface area contributed by atoms with Gasteiger partial charge in [0.2, 0.25) is 11.9 Å². The molecule has 2 aromatic heterocycles. The van der Waals surface area contributed by atoms with E-state index in [0.29, 0.717) is 12.5 Å². The number of piperidine rings is 1. The Hall–Kier alpha value is -2.93. The number of likely N-dealkylation sites (tertiary alicyclic amines) is 1. The Balaban J connectivity index is 1.19. The van der Waals surface area contributed by atoms with Crippen LogP contribution in [0.15, 0.2) is 42.7 Å². The molecule has 3 heterocycles. The molecule has 7 nitrogen and oxygen atoms in total. The maximum atomic E-state index is 12.0. The third kappa shape index (κ3) is 5.53. The second-order valence-corrected chi connectivity index (χ2v) is 9.42. The van der Waals surface area contributed by atoms with Crippen LogP contribution in [0, 0.1) is 5.92 Å². The topological polar surface area (TPSA) is 75.1 Å². The fourth-order valence-electron chi connectivity index (χ4n) is 4.74. The molecule has 174 valence electrons. The molecule has 2 fully saturated rings. The SMILES string of the molecule is O=C(NCCCn1ccc2cnc(Nc3cccc(CN4CCCCC4)c3)nc21)C1CCC1. The molecular formula is C26H34N6O. The van der Waals surface area contributed by atoms with Gasteiger partial charge in [-0.25, -0.2) is 4.98 Å². The van der Waals surface area contributed by atoms with Crippen LogP contribution in [0.25, 0.3) is 11.0 Å². The van der Waals surface area contributed by atoms with Crippen molar-refractivity contribution < 1.29 is 4.79 Å². The van der Waals surface area contributed by atoms with Crippen LogP contribution in [0.4, 0.5) is 11.6 Å². The molecule has 0 radical (unpaired) electrons. The predicted octanol–water partition coefficient (Wildman–Crippen LogP) is 4.47. The number of hydrogen-bond acceptors (Lipinski definition) is 5. The smallest absolute Gasteiger partial charge is 0.229 e. The molecule has 7 heteroatoms. The molecule has 3 aromatic rings. The molecule has 1 amide bonds. The largest absolute Gasteiger partial charge is 0.356 e. The van der Waals surface area contributed by atoms with Crippen molar-refractivity contribution in [3.8, 4) is 0 Å². The normalized spacial score (nSPS) is 17.1. The molecular weight excluding hydrogens is 412 g/mol. The van der Waals surface area contributed by atoms with Crippen molar-refractivity contribution in [2.24, 2.45) is 5.92 Å². The van der Waals surface area contributed by atoms with Crippen molar-refractivity contribution in [1.82, 2.24) is 24.8 Å². The Labute approximate surface area is 195 Å². The molecule has 5 rings (SSSR count). The van der Waals surface area contributed by atoms with Crippen LogP contribution in [0.5, 0.6) is 0 Å². The van der Waals surface area contributed by atoms with Gasteiger partial charge < -0.3 is 15.2 Å². The van der Waals surface area contributed by atoms with Crippen LogP contribution in [0.1, 0.15) is 50.5 Å². The highest BCUT2D eigenvalue weighted by Gasteiger charge is 2.24. The lowest BCUT2D eigenvalue weighted by molar-refractivity contribution is -0.127. The Morgan fingerprint density at radius 3 is 2.79 bits per heavy atom. The minimum atomic E-state index is 0.218. The average Bonchev–Trinajstić information content (AvgIpc) is 3.19. The van der Waals surface area contributed by atoms with Gasteiger partial charge in [-0.15, -0.1) is 0 Å². The van der Waals surface area contributed by atoms with Crippen molar-refractivity contribution in [3.63, 3.8) is 0 Å². The number of hydrogen-bond donors (Lipinski definition) is 2. The molecule has 2 N–H and O–H groups in total. The first kappa shape index (κ1) is 21.9. The lowest BCUT2D eigenvalue weighted by atomic mass is 9.85. The molecule has 1 aliphatic heterocycles. The van der Waals surface area contributed by atoms with Gasteiger partial charge in [0.05, 0.1) is 0 Å². The zero-order chi connectivity index (χ0) is 22.5. The van der Waals surface area contributed by atoms with Gasteiger partial charge in [0.15, 0.2) is 0 Å². The van der Waals surface area contributed by atoms with Crippen LogP contribution in [-0.2, 0) is 17.9 Å². The zero-order valence-electron chi connectivity index (χ0n) is 19.3. The summed E-state index contributed by atoms with van der Waals surface area (Å²) in [7, 11) is 0. The molecule has 0 unspecified atom stereocenters. The summed E-state index contributed by atoms with van der Waals surface area (Å²) in [4.78, 5) is 23.8. The van der Waals surface area contributed by atoms with Gasteiger partial charge in [0.1, 0.15) is 5.65 Å². The van der Waals surface area contributed by atoms with E-state index >= 15 is 0 Å². The number of carbonyl (C=O) groups is 1. The minimum Gasteiger partial charge on any atom is -0.356 e. The van der Waals surface area contributed by atoms with E-state index in [9.17, 15) is 4.79 Å². The van der Waals surface area contributed by atoms with Crippen molar-refractivity contribution in [2.75, 3.05) is 25.0 Å². The van der Waals surface area contributed by atoms with E-state index in [-0.39, 0.29) is 11.8 Å². The fraction of sp³-hybridized carbons (Fsp3) is 0.500. The van der Waals surface area contributed by atoms with Crippen LogP contribution < -0.4 is 10.6 Å². The highest BCUT2D eigenvalue weighted by molar-refractivity contribution is 5.79. The number of carbonyl (C=O) groups excluding carboxylic acids is 1. The monoisotopic (exact) mass is 446 g/mol. The minimum absolute atomic E-state index is 0.218. The zero-order valence-corrected chi connectivity index (χ0v) is 19.3.